The van der Waals surface area contributed by atoms with E-state index in [4.69, 9.17) is 5.73 Å². The van der Waals surface area contributed by atoms with E-state index < -0.39 is 0 Å². The van der Waals surface area contributed by atoms with Gasteiger partial charge in [0.15, 0.2) is 0 Å². The van der Waals surface area contributed by atoms with Crippen LogP contribution >= 0.6 is 0 Å². The van der Waals surface area contributed by atoms with Crippen molar-refractivity contribution in [3.8, 4) is 0 Å². The van der Waals surface area contributed by atoms with Gasteiger partial charge in [-0.05, 0) is 32.1 Å². The predicted molar refractivity (Wildman–Crippen MR) is 70.6 cm³/mol. The number of imidazole rings is 1. The molecule has 1 heterocycles. The second-order valence-corrected chi connectivity index (χ2v) is 6.17. The van der Waals surface area contributed by atoms with E-state index >= 15 is 0 Å². The van der Waals surface area contributed by atoms with Crippen LogP contribution in [0.1, 0.15) is 52.1 Å². The van der Waals surface area contributed by atoms with Gasteiger partial charge in [0.25, 0.3) is 0 Å². The molecule has 0 radical (unpaired) electrons. The van der Waals surface area contributed by atoms with E-state index in [1.165, 1.54) is 25.7 Å². The van der Waals surface area contributed by atoms with E-state index in [2.05, 4.69) is 16.5 Å². The van der Waals surface area contributed by atoms with Gasteiger partial charge in [-0.3, -0.25) is 0 Å². The number of nitrogens with zero attached hydrogens (tertiary/aromatic N) is 2. The largest absolute Gasteiger partial charge is 0.333 e. The van der Waals surface area contributed by atoms with E-state index in [-0.39, 0.29) is 5.54 Å². The Morgan fingerprint density at radius 2 is 2.12 bits per heavy atom. The third-order valence-electron chi connectivity index (χ3n) is 4.09. The van der Waals surface area contributed by atoms with Gasteiger partial charge in [0.2, 0.25) is 0 Å². The van der Waals surface area contributed by atoms with Gasteiger partial charge in [0.1, 0.15) is 0 Å². The Morgan fingerprint density at radius 1 is 1.41 bits per heavy atom. The van der Waals surface area contributed by atoms with Crippen molar-refractivity contribution in [2.45, 2.75) is 58.5 Å². The quantitative estimate of drug-likeness (QED) is 0.875. The molecule has 0 aliphatic heterocycles. The van der Waals surface area contributed by atoms with Gasteiger partial charge < -0.3 is 10.3 Å². The highest BCUT2D eigenvalue weighted by Crippen LogP contribution is 2.31. The topological polar surface area (TPSA) is 43.8 Å². The minimum atomic E-state index is -0.297. The molecule has 3 heteroatoms. The number of hydrogen-bond donors (Lipinski definition) is 1. The first-order valence-electron chi connectivity index (χ1n) is 6.78. The first-order chi connectivity index (χ1) is 7.98. The van der Waals surface area contributed by atoms with Crippen LogP contribution in [0.3, 0.4) is 0 Å². The molecule has 1 aromatic rings. The summed E-state index contributed by atoms with van der Waals surface area (Å²) in [5.41, 5.74) is 7.03. The number of nitrogens with two attached hydrogens (primary N) is 1. The molecule has 0 spiro atoms. The maximum atomic E-state index is 6.18. The van der Waals surface area contributed by atoms with Crippen LogP contribution in [0.5, 0.6) is 0 Å². The minimum Gasteiger partial charge on any atom is -0.333 e. The molecule has 1 saturated carbocycles. The number of hydrogen-bond acceptors (Lipinski definition) is 2. The highest BCUT2D eigenvalue weighted by molar-refractivity contribution is 5.10. The van der Waals surface area contributed by atoms with Gasteiger partial charge in [-0.1, -0.05) is 26.2 Å². The monoisotopic (exact) mass is 235 g/mol. The van der Waals surface area contributed by atoms with E-state index in [0.717, 1.165) is 24.1 Å². The molecule has 2 unspecified atom stereocenters. The third-order valence-corrected chi connectivity index (χ3v) is 4.09. The molecule has 1 aliphatic rings. The van der Waals surface area contributed by atoms with Crippen molar-refractivity contribution in [3.63, 3.8) is 0 Å². The third kappa shape index (κ3) is 2.89. The Morgan fingerprint density at radius 3 is 2.76 bits per heavy atom. The average molecular weight is 235 g/mol. The van der Waals surface area contributed by atoms with Gasteiger partial charge in [-0.2, -0.15) is 0 Å². The Bertz CT molecular complexity index is 362. The Balaban J connectivity index is 2.10. The van der Waals surface area contributed by atoms with Gasteiger partial charge in [0.05, 0.1) is 17.6 Å². The first kappa shape index (κ1) is 12.6. The fourth-order valence-electron chi connectivity index (χ4n) is 2.92. The summed E-state index contributed by atoms with van der Waals surface area (Å²) >= 11 is 0. The van der Waals surface area contributed by atoms with Gasteiger partial charge in [-0.25, -0.2) is 4.98 Å². The van der Waals surface area contributed by atoms with Gasteiger partial charge in [-0.15, -0.1) is 0 Å². The highest BCUT2D eigenvalue weighted by atomic mass is 15.1. The molecule has 2 atom stereocenters. The van der Waals surface area contributed by atoms with Crippen molar-refractivity contribution in [1.82, 2.24) is 9.55 Å². The van der Waals surface area contributed by atoms with Crippen molar-refractivity contribution >= 4 is 0 Å². The van der Waals surface area contributed by atoms with E-state index in [1.54, 1.807) is 0 Å². The molecule has 17 heavy (non-hydrogen) atoms. The summed E-state index contributed by atoms with van der Waals surface area (Å²) in [4.78, 5) is 4.26. The number of aromatic nitrogens is 2. The summed E-state index contributed by atoms with van der Waals surface area (Å²) in [6, 6.07) is 0. The maximum absolute atomic E-state index is 6.18. The molecule has 96 valence electrons. The van der Waals surface area contributed by atoms with Crippen LogP contribution in [-0.2, 0) is 12.1 Å². The normalized spacial score (nSPS) is 26.1. The molecule has 2 rings (SSSR count). The summed E-state index contributed by atoms with van der Waals surface area (Å²) in [5.74, 6) is 1.62. The Labute approximate surface area is 104 Å². The molecule has 0 saturated heterocycles. The smallest absolute Gasteiger partial charge is 0.0948 e. The van der Waals surface area contributed by atoms with E-state index in [9.17, 15) is 0 Å². The summed E-state index contributed by atoms with van der Waals surface area (Å²) in [5, 5.41) is 0. The standard InChI is InChI=1S/C14H25N3/c1-11-6-4-5-7-12(11)9-17-10-16-8-13(17)14(2,3)15/h8,10-12H,4-7,9,15H2,1-3H3. The van der Waals surface area contributed by atoms with Crippen molar-refractivity contribution in [3.05, 3.63) is 18.2 Å². The van der Waals surface area contributed by atoms with Crippen molar-refractivity contribution in [2.75, 3.05) is 0 Å². The molecule has 2 N–H and O–H groups in total. The molecule has 1 aromatic heterocycles. The van der Waals surface area contributed by atoms with E-state index in [1.807, 2.05) is 26.4 Å². The summed E-state index contributed by atoms with van der Waals surface area (Å²) in [7, 11) is 0. The minimum absolute atomic E-state index is 0.297. The molecule has 1 fully saturated rings. The molecular formula is C14H25N3. The van der Waals surface area contributed by atoms with Gasteiger partial charge in [0, 0.05) is 12.7 Å². The highest BCUT2D eigenvalue weighted by Gasteiger charge is 2.25. The van der Waals surface area contributed by atoms with Crippen LogP contribution in [0.2, 0.25) is 0 Å². The fraction of sp³-hybridized carbons (Fsp3) is 0.786. The van der Waals surface area contributed by atoms with Crippen LogP contribution in [0, 0.1) is 11.8 Å². The lowest BCUT2D eigenvalue weighted by Gasteiger charge is -2.30. The van der Waals surface area contributed by atoms with Crippen molar-refractivity contribution < 1.29 is 0 Å². The predicted octanol–water partition coefficient (Wildman–Crippen LogP) is 2.90. The van der Waals surface area contributed by atoms with Crippen LogP contribution in [0.15, 0.2) is 12.5 Å². The Hall–Kier alpha value is -0.830. The fourth-order valence-corrected chi connectivity index (χ4v) is 2.92. The first-order valence-corrected chi connectivity index (χ1v) is 6.78. The summed E-state index contributed by atoms with van der Waals surface area (Å²) in [6.45, 7) is 7.56. The molecule has 0 amide bonds. The van der Waals surface area contributed by atoms with Crippen LogP contribution in [0.25, 0.3) is 0 Å². The lowest BCUT2D eigenvalue weighted by atomic mass is 9.80. The molecular weight excluding hydrogens is 210 g/mol. The second-order valence-electron chi connectivity index (χ2n) is 6.17. The van der Waals surface area contributed by atoms with Crippen LogP contribution < -0.4 is 5.73 Å². The number of rotatable bonds is 3. The van der Waals surface area contributed by atoms with Gasteiger partial charge >= 0.3 is 0 Å². The lowest BCUT2D eigenvalue weighted by molar-refractivity contribution is 0.224. The zero-order valence-electron chi connectivity index (χ0n) is 11.3. The SMILES string of the molecule is CC1CCCCC1Cn1cncc1C(C)(C)N. The van der Waals surface area contributed by atoms with Crippen molar-refractivity contribution in [2.24, 2.45) is 17.6 Å². The van der Waals surface area contributed by atoms with E-state index in [0.29, 0.717) is 0 Å². The average Bonchev–Trinajstić information content (AvgIpc) is 2.69. The molecule has 3 nitrogen and oxygen atoms in total. The maximum Gasteiger partial charge on any atom is 0.0948 e. The van der Waals surface area contributed by atoms with Crippen molar-refractivity contribution in [1.29, 1.82) is 0 Å². The molecule has 0 aromatic carbocycles. The zero-order chi connectivity index (χ0) is 12.5. The summed E-state index contributed by atoms with van der Waals surface area (Å²) < 4.78 is 2.26. The zero-order valence-corrected chi connectivity index (χ0v) is 11.3. The second kappa shape index (κ2) is 4.81. The van der Waals surface area contributed by atoms with Crippen LogP contribution in [0.4, 0.5) is 0 Å². The Kier molecular flexibility index (Phi) is 3.57. The molecule has 0 bridgehead atoms. The summed E-state index contributed by atoms with van der Waals surface area (Å²) in [6.07, 6.45) is 9.35. The lowest BCUT2D eigenvalue weighted by Crippen LogP contribution is -2.33. The van der Waals surface area contributed by atoms with Crippen LogP contribution in [-0.4, -0.2) is 9.55 Å². The molecule has 1 aliphatic carbocycles.